The molecule has 2 aromatic rings. The zero-order valence-corrected chi connectivity index (χ0v) is 19.9. The molecule has 1 aliphatic carbocycles. The summed E-state index contributed by atoms with van der Waals surface area (Å²) in [6.07, 6.45) is 2.03. The second-order valence-electron chi connectivity index (χ2n) is 8.99. The number of hydrogen-bond donors (Lipinski definition) is 1. The van der Waals surface area contributed by atoms with Gasteiger partial charge in [-0.2, -0.15) is 15.1 Å². The summed E-state index contributed by atoms with van der Waals surface area (Å²) >= 11 is 0. The van der Waals surface area contributed by atoms with Gasteiger partial charge in [0.05, 0.1) is 32.1 Å². The van der Waals surface area contributed by atoms with E-state index in [-0.39, 0.29) is 0 Å². The van der Waals surface area contributed by atoms with Gasteiger partial charge in [0.15, 0.2) is 5.82 Å². The molecule has 1 aromatic carbocycles. The molecule has 1 unspecified atom stereocenters. The van der Waals surface area contributed by atoms with Crippen molar-refractivity contribution in [2.45, 2.75) is 25.7 Å². The fourth-order valence-electron chi connectivity index (χ4n) is 4.65. The molecule has 2 saturated heterocycles. The van der Waals surface area contributed by atoms with E-state index >= 15 is 0 Å². The van der Waals surface area contributed by atoms with Crippen LogP contribution >= 0.6 is 0 Å². The second-order valence-corrected chi connectivity index (χ2v) is 8.99. The largest absolute Gasteiger partial charge is 0.462 e. The molecule has 1 N–H and O–H groups in total. The number of fused-ring (bicyclic) bond motifs is 1. The third-order valence-electron chi connectivity index (χ3n) is 6.69. The predicted molar refractivity (Wildman–Crippen MR) is 132 cm³/mol. The van der Waals surface area contributed by atoms with Gasteiger partial charge in [-0.05, 0) is 24.3 Å². The zero-order valence-electron chi connectivity index (χ0n) is 19.9. The monoisotopic (exact) mass is 466 g/mol. The Bertz CT molecular complexity index is 988. The normalized spacial score (nSPS) is 22.4. The number of benzene rings is 1. The molecule has 3 heterocycles. The van der Waals surface area contributed by atoms with Crippen LogP contribution in [0.25, 0.3) is 0 Å². The van der Waals surface area contributed by atoms with Crippen LogP contribution in [0.2, 0.25) is 0 Å². The Morgan fingerprint density at radius 3 is 2.65 bits per heavy atom. The minimum atomic E-state index is 0.373. The molecule has 182 valence electrons. The number of morpholine rings is 2. The fourth-order valence-corrected chi connectivity index (χ4v) is 4.65. The molecule has 1 atom stereocenters. The number of aromatic nitrogens is 2. The molecule has 0 spiro atoms. The van der Waals surface area contributed by atoms with E-state index in [2.05, 4.69) is 56.4 Å². The Morgan fingerprint density at radius 1 is 1.06 bits per heavy atom. The van der Waals surface area contributed by atoms with E-state index in [1.165, 1.54) is 11.1 Å². The lowest BCUT2D eigenvalue weighted by molar-refractivity contribution is 0.0317. The lowest BCUT2D eigenvalue weighted by atomic mass is 9.83. The first kappa shape index (κ1) is 23.0. The third-order valence-corrected chi connectivity index (χ3v) is 6.69. The molecule has 0 radical (unpaired) electrons. The van der Waals surface area contributed by atoms with Crippen LogP contribution in [0.15, 0.2) is 35.4 Å². The van der Waals surface area contributed by atoms with Crippen molar-refractivity contribution in [3.05, 3.63) is 41.5 Å². The number of nitrogens with one attached hydrogen (secondary N) is 1. The van der Waals surface area contributed by atoms with Crippen LogP contribution in [0.5, 0.6) is 6.01 Å². The molecule has 9 nitrogen and oxygen atoms in total. The van der Waals surface area contributed by atoms with E-state index in [0.29, 0.717) is 37.6 Å². The Hall–Kier alpha value is -2.75. The molecule has 2 aliphatic heterocycles. The molecular weight excluding hydrogens is 432 g/mol. The summed E-state index contributed by atoms with van der Waals surface area (Å²) in [7, 11) is 0. The summed E-state index contributed by atoms with van der Waals surface area (Å²) in [6, 6.07) is 10.9. The standard InChI is InChI=1S/C25H34N6O3/c1-19-6-7-22(21-5-3-2-4-20(19)21)28-29-23-18-24(31-11-15-33-16-12-31)27-25(26-23)34-17-10-30-8-13-32-14-9-30/h2-5,18-19H,6-17H2,1H3,(H,26,27,29)/b28-22-. The lowest BCUT2D eigenvalue weighted by Gasteiger charge is -2.28. The maximum Gasteiger partial charge on any atom is 0.320 e. The first-order chi connectivity index (χ1) is 16.8. The topological polar surface area (TPSA) is 84.3 Å². The van der Waals surface area contributed by atoms with Gasteiger partial charge in [0.2, 0.25) is 0 Å². The summed E-state index contributed by atoms with van der Waals surface area (Å²) in [5.41, 5.74) is 6.85. The van der Waals surface area contributed by atoms with Crippen LogP contribution in [0, 0.1) is 0 Å². The minimum absolute atomic E-state index is 0.373. The lowest BCUT2D eigenvalue weighted by Crippen LogP contribution is -2.39. The smallest absolute Gasteiger partial charge is 0.320 e. The number of nitrogens with zero attached hydrogens (tertiary/aromatic N) is 5. The van der Waals surface area contributed by atoms with E-state index in [0.717, 1.165) is 70.3 Å². The van der Waals surface area contributed by atoms with Crippen LogP contribution in [-0.4, -0.2) is 86.3 Å². The van der Waals surface area contributed by atoms with Crippen LogP contribution < -0.4 is 15.1 Å². The molecular formula is C25H34N6O3. The SMILES string of the molecule is CC1CC/C(=N/Nc2cc(N3CCOCC3)nc(OCCN3CCOCC3)n2)c2ccccc21. The van der Waals surface area contributed by atoms with Gasteiger partial charge in [-0.15, -0.1) is 0 Å². The van der Waals surface area contributed by atoms with Gasteiger partial charge < -0.3 is 19.1 Å². The van der Waals surface area contributed by atoms with Crippen molar-refractivity contribution in [2.24, 2.45) is 5.10 Å². The zero-order chi connectivity index (χ0) is 23.2. The van der Waals surface area contributed by atoms with Gasteiger partial charge >= 0.3 is 6.01 Å². The number of anilines is 2. The van der Waals surface area contributed by atoms with Crippen molar-refractivity contribution in [3.63, 3.8) is 0 Å². The average Bonchev–Trinajstić information content (AvgIpc) is 2.90. The van der Waals surface area contributed by atoms with Crippen molar-refractivity contribution < 1.29 is 14.2 Å². The van der Waals surface area contributed by atoms with Crippen LogP contribution in [-0.2, 0) is 9.47 Å². The van der Waals surface area contributed by atoms with Gasteiger partial charge in [-0.3, -0.25) is 10.3 Å². The second kappa shape index (κ2) is 11.1. The molecule has 5 rings (SSSR count). The minimum Gasteiger partial charge on any atom is -0.462 e. The van der Waals surface area contributed by atoms with Gasteiger partial charge in [-0.1, -0.05) is 31.2 Å². The van der Waals surface area contributed by atoms with Gasteiger partial charge in [-0.25, -0.2) is 0 Å². The van der Waals surface area contributed by atoms with Crippen molar-refractivity contribution in [1.82, 2.24) is 14.9 Å². The van der Waals surface area contributed by atoms with Crippen molar-refractivity contribution in [2.75, 3.05) is 76.1 Å². The van der Waals surface area contributed by atoms with E-state index in [4.69, 9.17) is 19.3 Å². The third kappa shape index (κ3) is 5.65. The Labute approximate surface area is 201 Å². The van der Waals surface area contributed by atoms with Crippen LogP contribution in [0.4, 0.5) is 11.6 Å². The van der Waals surface area contributed by atoms with Crippen LogP contribution in [0.1, 0.15) is 36.8 Å². The molecule has 3 aliphatic rings. The van der Waals surface area contributed by atoms with E-state index in [1.54, 1.807) is 0 Å². The maximum atomic E-state index is 5.99. The molecule has 2 fully saturated rings. The molecule has 34 heavy (non-hydrogen) atoms. The molecule has 1 aromatic heterocycles. The number of ether oxygens (including phenoxy) is 3. The average molecular weight is 467 g/mol. The Kier molecular flexibility index (Phi) is 7.52. The molecule has 0 bridgehead atoms. The summed E-state index contributed by atoms with van der Waals surface area (Å²) in [6.45, 7) is 10.0. The number of hydrogen-bond acceptors (Lipinski definition) is 9. The quantitative estimate of drug-likeness (QED) is 0.624. The van der Waals surface area contributed by atoms with E-state index < -0.39 is 0 Å². The van der Waals surface area contributed by atoms with Crippen molar-refractivity contribution in [3.8, 4) is 6.01 Å². The molecule has 0 amide bonds. The number of rotatable bonds is 7. The fraction of sp³-hybridized carbons (Fsp3) is 0.560. The van der Waals surface area contributed by atoms with Gasteiger partial charge in [0.25, 0.3) is 0 Å². The van der Waals surface area contributed by atoms with Gasteiger partial charge in [0, 0.05) is 44.4 Å². The maximum absolute atomic E-state index is 5.99. The Morgan fingerprint density at radius 2 is 1.82 bits per heavy atom. The number of hydrazone groups is 1. The van der Waals surface area contributed by atoms with E-state index in [9.17, 15) is 0 Å². The van der Waals surface area contributed by atoms with Gasteiger partial charge in [0.1, 0.15) is 12.4 Å². The van der Waals surface area contributed by atoms with E-state index in [1.807, 2.05) is 6.07 Å². The van der Waals surface area contributed by atoms with Crippen molar-refractivity contribution >= 4 is 17.3 Å². The summed E-state index contributed by atoms with van der Waals surface area (Å²) < 4.78 is 16.9. The Balaban J connectivity index is 1.32. The first-order valence-electron chi connectivity index (χ1n) is 12.3. The highest BCUT2D eigenvalue weighted by molar-refractivity contribution is 6.03. The highest BCUT2D eigenvalue weighted by Gasteiger charge is 2.21. The van der Waals surface area contributed by atoms with Crippen LogP contribution in [0.3, 0.4) is 0 Å². The van der Waals surface area contributed by atoms with Crippen molar-refractivity contribution in [1.29, 1.82) is 0 Å². The molecule has 0 saturated carbocycles. The summed E-state index contributed by atoms with van der Waals surface area (Å²) in [4.78, 5) is 13.8. The first-order valence-corrected chi connectivity index (χ1v) is 12.3. The highest BCUT2D eigenvalue weighted by Crippen LogP contribution is 2.31. The summed E-state index contributed by atoms with van der Waals surface area (Å²) in [5.74, 6) is 2.02. The summed E-state index contributed by atoms with van der Waals surface area (Å²) in [5, 5.41) is 4.77. The molecule has 9 heteroatoms. The predicted octanol–water partition coefficient (Wildman–Crippen LogP) is 2.74. The highest BCUT2D eigenvalue weighted by atomic mass is 16.5.